The van der Waals surface area contributed by atoms with Crippen LogP contribution < -0.4 is 11.1 Å². The summed E-state index contributed by atoms with van der Waals surface area (Å²) in [5, 5.41) is 3.39. The van der Waals surface area contributed by atoms with Crippen molar-refractivity contribution in [2.75, 3.05) is 0 Å². The molecule has 0 radical (unpaired) electrons. The van der Waals surface area contributed by atoms with Gasteiger partial charge in [0.2, 0.25) is 0 Å². The average Bonchev–Trinajstić information content (AvgIpc) is 3.20. The van der Waals surface area contributed by atoms with E-state index in [1.54, 1.807) is 6.92 Å². The number of nitrogens with one attached hydrogen (secondary N) is 1. The van der Waals surface area contributed by atoms with Gasteiger partial charge in [-0.05, 0) is 63.1 Å². The minimum atomic E-state index is -1.17. The van der Waals surface area contributed by atoms with Crippen LogP contribution in [0.4, 0.5) is 8.78 Å². The van der Waals surface area contributed by atoms with Crippen LogP contribution >= 0.6 is 0 Å². The Bertz CT molecular complexity index is 559. The van der Waals surface area contributed by atoms with E-state index in [4.69, 9.17) is 0 Å². The van der Waals surface area contributed by atoms with Gasteiger partial charge < -0.3 is 11.1 Å². The van der Waals surface area contributed by atoms with Crippen molar-refractivity contribution < 1.29 is 8.78 Å². The third kappa shape index (κ3) is 6.38. The molecule has 1 spiro atoms. The Kier molecular flexibility index (Phi) is 7.54. The summed E-state index contributed by atoms with van der Waals surface area (Å²) in [6.07, 6.45) is 3.18. The molecule has 142 valence electrons. The van der Waals surface area contributed by atoms with Crippen molar-refractivity contribution in [3.8, 4) is 0 Å². The van der Waals surface area contributed by atoms with E-state index in [1.807, 2.05) is 33.0 Å². The largest absolute Gasteiger partial charge is 0.384 e. The zero-order valence-electron chi connectivity index (χ0n) is 16.2. The molecular weight excluding hydrogens is 320 g/mol. The Morgan fingerprint density at radius 3 is 2.52 bits per heavy atom. The monoisotopic (exact) mass is 353 g/mol. The summed E-state index contributed by atoms with van der Waals surface area (Å²) in [6, 6.07) is 4.09. The fourth-order valence-electron chi connectivity index (χ4n) is 3.70. The number of pyridine rings is 1. The predicted octanol–water partition coefficient (Wildman–Crippen LogP) is 4.81. The summed E-state index contributed by atoms with van der Waals surface area (Å²) in [4.78, 5) is 4.18. The second-order valence-electron chi connectivity index (χ2n) is 7.25. The van der Waals surface area contributed by atoms with Gasteiger partial charge in [0.25, 0.3) is 0 Å². The average molecular weight is 354 g/mol. The fourth-order valence-corrected chi connectivity index (χ4v) is 3.70. The topological polar surface area (TPSA) is 50.9 Å². The van der Waals surface area contributed by atoms with Gasteiger partial charge in [-0.25, -0.2) is 8.78 Å². The van der Waals surface area contributed by atoms with Gasteiger partial charge in [-0.3, -0.25) is 4.98 Å². The molecule has 0 amide bonds. The molecule has 1 heterocycles. The molecule has 1 aromatic rings. The Morgan fingerprint density at radius 1 is 1.48 bits per heavy atom. The number of nitrogens with zero attached hydrogens (tertiary/aromatic N) is 1. The SMILES string of the molecule is C=C(NCc1ccnc(C)c1)C1CC12CC(C)(F)C2.CC.CC(N)F. The molecule has 2 aliphatic carbocycles. The maximum Gasteiger partial charge on any atom is 0.145 e. The van der Waals surface area contributed by atoms with Gasteiger partial charge in [-0.2, -0.15) is 0 Å². The number of halogens is 2. The van der Waals surface area contributed by atoms with Crippen molar-refractivity contribution in [3.63, 3.8) is 0 Å². The Morgan fingerprint density at radius 2 is 2.04 bits per heavy atom. The van der Waals surface area contributed by atoms with Crippen LogP contribution in [0.25, 0.3) is 0 Å². The molecule has 25 heavy (non-hydrogen) atoms. The van der Waals surface area contributed by atoms with Crippen LogP contribution in [0.3, 0.4) is 0 Å². The number of nitrogens with two attached hydrogens (primary N) is 1. The van der Waals surface area contributed by atoms with Gasteiger partial charge in [0.15, 0.2) is 0 Å². The number of allylic oxidation sites excluding steroid dienone is 1. The first-order valence-corrected chi connectivity index (χ1v) is 9.06. The Balaban J connectivity index is 0.000000461. The lowest BCUT2D eigenvalue weighted by molar-refractivity contribution is 0.00267. The minimum absolute atomic E-state index is 0.238. The highest BCUT2D eigenvalue weighted by Crippen LogP contribution is 2.71. The summed E-state index contributed by atoms with van der Waals surface area (Å²) in [7, 11) is 0. The number of aromatic nitrogens is 1. The Labute approximate surface area is 151 Å². The van der Waals surface area contributed by atoms with Gasteiger partial charge in [-0.15, -0.1) is 0 Å². The molecule has 2 fully saturated rings. The van der Waals surface area contributed by atoms with E-state index in [1.165, 1.54) is 12.5 Å². The van der Waals surface area contributed by atoms with E-state index in [0.29, 0.717) is 18.8 Å². The molecule has 0 aliphatic heterocycles. The first kappa shape index (κ1) is 21.6. The molecule has 0 aromatic carbocycles. The second-order valence-corrected chi connectivity index (χ2v) is 7.25. The van der Waals surface area contributed by atoms with Crippen LogP contribution in [-0.2, 0) is 6.54 Å². The molecule has 5 heteroatoms. The van der Waals surface area contributed by atoms with Gasteiger partial charge in [0.1, 0.15) is 12.0 Å². The van der Waals surface area contributed by atoms with Gasteiger partial charge in [0, 0.05) is 30.1 Å². The van der Waals surface area contributed by atoms with Crippen LogP contribution in [-0.4, -0.2) is 16.9 Å². The van der Waals surface area contributed by atoms with Crippen LogP contribution in [0.15, 0.2) is 30.6 Å². The maximum absolute atomic E-state index is 13.6. The first-order chi connectivity index (χ1) is 11.6. The summed E-state index contributed by atoms with van der Waals surface area (Å²) in [6.45, 7) is 13.9. The van der Waals surface area contributed by atoms with Gasteiger partial charge >= 0.3 is 0 Å². The second kappa shape index (κ2) is 8.75. The van der Waals surface area contributed by atoms with Crippen molar-refractivity contribution in [1.82, 2.24) is 10.3 Å². The normalized spacial score (nSPS) is 30.0. The van der Waals surface area contributed by atoms with E-state index in [0.717, 1.165) is 24.4 Å². The third-order valence-electron chi connectivity index (χ3n) is 4.53. The molecule has 2 saturated carbocycles. The van der Waals surface area contributed by atoms with Crippen molar-refractivity contribution in [2.45, 2.75) is 72.4 Å². The molecule has 3 nitrogen and oxygen atoms in total. The van der Waals surface area contributed by atoms with E-state index < -0.39 is 12.0 Å². The lowest BCUT2D eigenvalue weighted by Gasteiger charge is -2.40. The first-order valence-electron chi connectivity index (χ1n) is 9.06. The Hall–Kier alpha value is -1.49. The van der Waals surface area contributed by atoms with Crippen molar-refractivity contribution in [3.05, 3.63) is 41.9 Å². The maximum atomic E-state index is 13.6. The number of aryl methyl sites for hydroxylation is 1. The van der Waals surface area contributed by atoms with Crippen LogP contribution in [0.1, 0.15) is 58.2 Å². The molecule has 3 rings (SSSR count). The fraction of sp³-hybridized carbons (Fsp3) is 0.650. The number of hydrogen-bond donors (Lipinski definition) is 2. The number of rotatable bonds is 4. The van der Waals surface area contributed by atoms with Crippen LogP contribution in [0.5, 0.6) is 0 Å². The predicted molar refractivity (Wildman–Crippen MR) is 100 cm³/mol. The molecule has 3 N–H and O–H groups in total. The molecule has 1 aromatic heterocycles. The van der Waals surface area contributed by atoms with Crippen LogP contribution in [0.2, 0.25) is 0 Å². The van der Waals surface area contributed by atoms with E-state index in [9.17, 15) is 8.78 Å². The minimum Gasteiger partial charge on any atom is -0.384 e. The smallest absolute Gasteiger partial charge is 0.145 e. The van der Waals surface area contributed by atoms with Crippen molar-refractivity contribution in [2.24, 2.45) is 17.1 Å². The molecule has 2 unspecified atom stereocenters. The molecule has 0 saturated heterocycles. The van der Waals surface area contributed by atoms with Gasteiger partial charge in [-0.1, -0.05) is 20.4 Å². The zero-order valence-corrected chi connectivity index (χ0v) is 16.2. The lowest BCUT2D eigenvalue weighted by Crippen LogP contribution is -2.40. The lowest BCUT2D eigenvalue weighted by atomic mass is 9.69. The van der Waals surface area contributed by atoms with Crippen LogP contribution in [0, 0.1) is 18.3 Å². The number of hydrogen-bond acceptors (Lipinski definition) is 3. The number of alkyl halides is 2. The highest BCUT2D eigenvalue weighted by molar-refractivity contribution is 5.26. The summed E-state index contributed by atoms with van der Waals surface area (Å²) in [5.74, 6) is 0.472. The summed E-state index contributed by atoms with van der Waals surface area (Å²) < 4.78 is 24.4. The van der Waals surface area contributed by atoms with E-state index >= 15 is 0 Å². The highest BCUT2D eigenvalue weighted by atomic mass is 19.1. The zero-order chi connectivity index (χ0) is 19.3. The van der Waals surface area contributed by atoms with E-state index in [-0.39, 0.29) is 5.41 Å². The molecule has 0 bridgehead atoms. The summed E-state index contributed by atoms with van der Waals surface area (Å²) >= 11 is 0. The standard InChI is InChI=1S/C16H21FN2.C2H6FN.C2H6/c1-11-6-13(4-5-18-11)8-19-12(2)14-7-16(14)9-15(3,17)10-16;1-2(3)4;1-2/h4-6,14,19H,2,7-10H2,1,3H3;2H,4H2,1H3;1-2H3. The quantitative estimate of drug-likeness (QED) is 0.764. The molecule has 2 atom stereocenters. The van der Waals surface area contributed by atoms with E-state index in [2.05, 4.69) is 28.7 Å². The van der Waals surface area contributed by atoms with Crippen molar-refractivity contribution >= 4 is 0 Å². The van der Waals surface area contributed by atoms with Gasteiger partial charge in [0.05, 0.1) is 0 Å². The molecule has 2 aliphatic rings. The van der Waals surface area contributed by atoms with Crippen molar-refractivity contribution in [1.29, 1.82) is 0 Å². The summed E-state index contributed by atoms with van der Waals surface area (Å²) in [5.41, 5.74) is 7.07. The molecular formula is C20H33F2N3. The third-order valence-corrected chi connectivity index (χ3v) is 4.53. The highest BCUT2D eigenvalue weighted by Gasteiger charge is 2.67.